The summed E-state index contributed by atoms with van der Waals surface area (Å²) in [6, 6.07) is 6.01. The lowest BCUT2D eigenvalue weighted by Crippen LogP contribution is -2.42. The van der Waals surface area contributed by atoms with E-state index in [4.69, 9.17) is 9.72 Å². The number of anilines is 2. The van der Waals surface area contributed by atoms with E-state index in [1.54, 1.807) is 16.2 Å². The van der Waals surface area contributed by atoms with Gasteiger partial charge in [-0.25, -0.2) is 14.8 Å². The monoisotopic (exact) mass is 402 g/mol. The summed E-state index contributed by atoms with van der Waals surface area (Å²) in [5.41, 5.74) is 0.528. The number of nitrogens with zero attached hydrogens (tertiary/aromatic N) is 3. The number of hydrogen-bond acceptors (Lipinski definition) is 6. The van der Waals surface area contributed by atoms with E-state index >= 15 is 0 Å². The minimum absolute atomic E-state index is 0.218. The second kappa shape index (κ2) is 8.90. The molecule has 3 heterocycles. The molecule has 3 rings (SSSR count). The van der Waals surface area contributed by atoms with E-state index in [9.17, 15) is 4.79 Å². The van der Waals surface area contributed by atoms with Crippen molar-refractivity contribution in [2.45, 2.75) is 64.9 Å². The Hall–Kier alpha value is -2.15. The van der Waals surface area contributed by atoms with Crippen LogP contribution in [-0.4, -0.2) is 39.7 Å². The van der Waals surface area contributed by atoms with Crippen LogP contribution in [0.4, 0.5) is 15.7 Å². The summed E-state index contributed by atoms with van der Waals surface area (Å²) in [6.07, 6.45) is 5.84. The van der Waals surface area contributed by atoms with Gasteiger partial charge in [0.2, 0.25) is 0 Å². The molecule has 1 saturated heterocycles. The maximum Gasteiger partial charge on any atom is 0.410 e. The van der Waals surface area contributed by atoms with E-state index < -0.39 is 5.60 Å². The van der Waals surface area contributed by atoms with Crippen molar-refractivity contribution in [1.82, 2.24) is 14.9 Å². The minimum Gasteiger partial charge on any atom is -0.444 e. The summed E-state index contributed by atoms with van der Waals surface area (Å²) in [6.45, 7) is 9.24. The van der Waals surface area contributed by atoms with Crippen LogP contribution in [0.1, 0.15) is 63.4 Å². The highest BCUT2D eigenvalue weighted by atomic mass is 32.1. The molecule has 6 nitrogen and oxygen atoms in total. The zero-order chi connectivity index (χ0) is 20.1. The van der Waals surface area contributed by atoms with E-state index in [-0.39, 0.29) is 12.0 Å². The van der Waals surface area contributed by atoms with Crippen molar-refractivity contribution in [3.8, 4) is 0 Å². The molecule has 1 atom stereocenters. The number of likely N-dealkylation sites (tertiary alicyclic amines) is 1. The van der Waals surface area contributed by atoms with Gasteiger partial charge in [0.1, 0.15) is 11.4 Å². The van der Waals surface area contributed by atoms with Crippen molar-refractivity contribution >= 4 is 28.4 Å². The van der Waals surface area contributed by atoms with Crippen LogP contribution in [0.2, 0.25) is 0 Å². The van der Waals surface area contributed by atoms with Crippen molar-refractivity contribution in [2.75, 3.05) is 18.4 Å². The molecule has 2 aromatic rings. The number of pyridine rings is 1. The largest absolute Gasteiger partial charge is 0.444 e. The van der Waals surface area contributed by atoms with Crippen LogP contribution in [0.3, 0.4) is 0 Å². The number of aromatic nitrogens is 2. The van der Waals surface area contributed by atoms with Crippen LogP contribution in [0.15, 0.2) is 24.4 Å². The standard InChI is InChI=1S/C21H30N4O2S/c1-5-8-16-13-22-19(28-16)24-18-11-6-10-17(23-18)15-9-7-12-25(14-15)20(26)27-21(2,3)4/h6,10-11,13,15H,5,7-9,12,14H2,1-4H3,(H,22,23,24). The van der Waals surface area contributed by atoms with Crippen LogP contribution in [-0.2, 0) is 11.2 Å². The van der Waals surface area contributed by atoms with E-state index in [1.807, 2.05) is 45.2 Å². The molecule has 152 valence electrons. The Kier molecular flexibility index (Phi) is 6.54. The molecule has 0 radical (unpaired) electrons. The van der Waals surface area contributed by atoms with Crippen LogP contribution < -0.4 is 5.32 Å². The molecule has 0 aromatic carbocycles. The van der Waals surface area contributed by atoms with Crippen LogP contribution in [0.25, 0.3) is 0 Å². The zero-order valence-corrected chi connectivity index (χ0v) is 18.0. The van der Waals surface area contributed by atoms with Gasteiger partial charge in [-0.1, -0.05) is 19.4 Å². The fourth-order valence-electron chi connectivity index (χ4n) is 3.30. The van der Waals surface area contributed by atoms with Gasteiger partial charge in [-0.15, -0.1) is 11.3 Å². The second-order valence-corrected chi connectivity index (χ2v) is 9.34. The van der Waals surface area contributed by atoms with Gasteiger partial charge < -0.3 is 15.0 Å². The number of thiazole rings is 1. The lowest BCUT2D eigenvalue weighted by atomic mass is 9.94. The molecule has 1 unspecified atom stereocenters. The Bertz CT molecular complexity index is 800. The molecule has 7 heteroatoms. The summed E-state index contributed by atoms with van der Waals surface area (Å²) in [5, 5.41) is 4.19. The average Bonchev–Trinajstić information content (AvgIpc) is 3.08. The van der Waals surface area contributed by atoms with Crippen LogP contribution in [0, 0.1) is 0 Å². The average molecular weight is 403 g/mol. The maximum atomic E-state index is 12.4. The number of amides is 1. The highest BCUT2D eigenvalue weighted by molar-refractivity contribution is 7.15. The Morgan fingerprint density at radius 1 is 1.39 bits per heavy atom. The fourth-order valence-corrected chi connectivity index (χ4v) is 4.22. The van der Waals surface area contributed by atoms with Gasteiger partial charge in [0.05, 0.1) is 0 Å². The first kappa shape index (κ1) is 20.6. The Morgan fingerprint density at radius 2 is 2.21 bits per heavy atom. The van der Waals surface area contributed by atoms with Crippen molar-refractivity contribution in [2.24, 2.45) is 0 Å². The van der Waals surface area contributed by atoms with Crippen molar-refractivity contribution < 1.29 is 9.53 Å². The van der Waals surface area contributed by atoms with Gasteiger partial charge in [-0.2, -0.15) is 0 Å². The molecule has 0 spiro atoms. The summed E-state index contributed by atoms with van der Waals surface area (Å²) < 4.78 is 5.53. The Labute approximate surface area is 171 Å². The van der Waals surface area contributed by atoms with Crippen molar-refractivity contribution in [3.05, 3.63) is 35.0 Å². The minimum atomic E-state index is -0.476. The molecule has 2 aromatic heterocycles. The first-order valence-electron chi connectivity index (χ1n) is 10.0. The molecular weight excluding hydrogens is 372 g/mol. The number of carbonyl (C=O) groups is 1. The summed E-state index contributed by atoms with van der Waals surface area (Å²) in [4.78, 5) is 24.7. The van der Waals surface area contributed by atoms with Gasteiger partial charge >= 0.3 is 6.09 Å². The van der Waals surface area contributed by atoms with E-state index in [2.05, 4.69) is 17.2 Å². The third-order valence-electron chi connectivity index (χ3n) is 4.55. The maximum absolute atomic E-state index is 12.4. The second-order valence-electron chi connectivity index (χ2n) is 8.22. The number of nitrogens with one attached hydrogen (secondary N) is 1. The van der Waals surface area contributed by atoms with Gasteiger partial charge in [-0.05, 0) is 52.2 Å². The first-order chi connectivity index (χ1) is 13.3. The quantitative estimate of drug-likeness (QED) is 0.730. The molecule has 28 heavy (non-hydrogen) atoms. The Balaban J connectivity index is 1.66. The zero-order valence-electron chi connectivity index (χ0n) is 17.2. The van der Waals surface area contributed by atoms with Gasteiger partial charge in [0, 0.05) is 35.8 Å². The molecule has 1 N–H and O–H groups in total. The summed E-state index contributed by atoms with van der Waals surface area (Å²) in [7, 11) is 0. The lowest BCUT2D eigenvalue weighted by molar-refractivity contribution is 0.0197. The topological polar surface area (TPSA) is 67.4 Å². The molecule has 1 amide bonds. The molecule has 0 saturated carbocycles. The molecular formula is C21H30N4O2S. The van der Waals surface area contributed by atoms with Crippen molar-refractivity contribution in [3.63, 3.8) is 0 Å². The van der Waals surface area contributed by atoms with E-state index in [0.717, 1.165) is 48.9 Å². The molecule has 0 bridgehead atoms. The van der Waals surface area contributed by atoms with Crippen LogP contribution >= 0.6 is 11.3 Å². The fraction of sp³-hybridized carbons (Fsp3) is 0.571. The molecule has 1 fully saturated rings. The molecule has 1 aliphatic rings. The molecule has 1 aliphatic heterocycles. The summed E-state index contributed by atoms with van der Waals surface area (Å²) >= 11 is 1.67. The van der Waals surface area contributed by atoms with Crippen LogP contribution in [0.5, 0.6) is 0 Å². The first-order valence-corrected chi connectivity index (χ1v) is 10.8. The van der Waals surface area contributed by atoms with Gasteiger partial charge in [0.25, 0.3) is 0 Å². The van der Waals surface area contributed by atoms with E-state index in [1.165, 1.54) is 4.88 Å². The normalized spacial score (nSPS) is 17.4. The number of ether oxygens (including phenoxy) is 1. The summed E-state index contributed by atoms with van der Waals surface area (Å²) in [5.74, 6) is 1.01. The smallest absolute Gasteiger partial charge is 0.410 e. The third-order valence-corrected chi connectivity index (χ3v) is 5.52. The number of hydrogen-bond donors (Lipinski definition) is 1. The Morgan fingerprint density at radius 3 is 2.96 bits per heavy atom. The number of piperidine rings is 1. The predicted molar refractivity (Wildman–Crippen MR) is 113 cm³/mol. The third kappa shape index (κ3) is 5.67. The number of aryl methyl sites for hydroxylation is 1. The lowest BCUT2D eigenvalue weighted by Gasteiger charge is -2.34. The SMILES string of the molecule is CCCc1cnc(Nc2cccc(C3CCCN(C(=O)OC(C)(C)C)C3)n2)s1. The molecule has 0 aliphatic carbocycles. The van der Waals surface area contributed by atoms with Gasteiger partial charge in [0.15, 0.2) is 5.13 Å². The number of carbonyl (C=O) groups excluding carboxylic acids is 1. The highest BCUT2D eigenvalue weighted by Crippen LogP contribution is 2.29. The highest BCUT2D eigenvalue weighted by Gasteiger charge is 2.29. The predicted octanol–water partition coefficient (Wildman–Crippen LogP) is 5.35. The van der Waals surface area contributed by atoms with Crippen molar-refractivity contribution in [1.29, 1.82) is 0 Å². The number of rotatable bonds is 5. The van der Waals surface area contributed by atoms with E-state index in [0.29, 0.717) is 6.54 Å². The van der Waals surface area contributed by atoms with Gasteiger partial charge in [-0.3, -0.25) is 0 Å².